The Morgan fingerprint density at radius 1 is 0.339 bits per heavy atom. The molecule has 270 valence electrons. The monoisotopic (exact) mass is 720 g/mol. The molecule has 2 heteroatoms. The van der Waals surface area contributed by atoms with E-state index in [4.69, 9.17) is 0 Å². The molecule has 0 amide bonds. The summed E-state index contributed by atoms with van der Waals surface area (Å²) in [6.07, 6.45) is 1.86. The molecule has 0 bridgehead atoms. The molecular weight excluding hydrogens is 677 g/mol. The first-order valence-corrected chi connectivity index (χ1v) is 20.0. The van der Waals surface area contributed by atoms with Crippen molar-refractivity contribution in [2.24, 2.45) is 0 Å². The molecule has 0 saturated heterocycles. The van der Waals surface area contributed by atoms with E-state index in [1.165, 1.54) is 98.9 Å². The van der Waals surface area contributed by atoms with Crippen LogP contribution in [-0.2, 0) is 12.8 Å². The second-order valence-electron chi connectivity index (χ2n) is 15.2. The van der Waals surface area contributed by atoms with E-state index in [0.717, 1.165) is 24.2 Å². The highest BCUT2D eigenvalue weighted by Gasteiger charge is 2.25. The number of hydrogen-bond donors (Lipinski definition) is 0. The van der Waals surface area contributed by atoms with Crippen LogP contribution in [0.4, 0.5) is 34.1 Å². The molecule has 0 aliphatic heterocycles. The fourth-order valence-corrected chi connectivity index (χ4v) is 9.06. The normalized spacial score (nSPS) is 11.7. The second-order valence-corrected chi connectivity index (χ2v) is 15.2. The quantitative estimate of drug-likeness (QED) is 0.144. The van der Waals surface area contributed by atoms with Gasteiger partial charge in [0.25, 0.3) is 0 Å². The average Bonchev–Trinajstić information content (AvgIpc) is 3.24. The van der Waals surface area contributed by atoms with Crippen LogP contribution in [0.5, 0.6) is 0 Å². The van der Waals surface area contributed by atoms with Crippen molar-refractivity contribution < 1.29 is 0 Å². The van der Waals surface area contributed by atoms with Crippen molar-refractivity contribution >= 4 is 88.0 Å². The molecule has 10 aromatic rings. The van der Waals surface area contributed by atoms with E-state index >= 15 is 0 Å². The van der Waals surface area contributed by atoms with E-state index in [-0.39, 0.29) is 0 Å². The molecule has 0 fully saturated rings. The molecule has 0 aliphatic rings. The first-order valence-electron chi connectivity index (χ1n) is 20.0. The largest absolute Gasteiger partial charge is 0.309 e. The minimum Gasteiger partial charge on any atom is -0.309 e. The van der Waals surface area contributed by atoms with Gasteiger partial charge in [0.05, 0.1) is 22.7 Å². The van der Waals surface area contributed by atoms with Gasteiger partial charge in [-0.1, -0.05) is 146 Å². The lowest BCUT2D eigenvalue weighted by molar-refractivity contribution is 1.15. The summed E-state index contributed by atoms with van der Waals surface area (Å²) < 4.78 is 0. The third-order valence-corrected chi connectivity index (χ3v) is 11.9. The lowest BCUT2D eigenvalue weighted by atomic mass is 9.86. The highest BCUT2D eigenvalue weighted by Crippen LogP contribution is 2.50. The van der Waals surface area contributed by atoms with Crippen molar-refractivity contribution in [1.82, 2.24) is 0 Å². The maximum Gasteiger partial charge on any atom is 0.0543 e. The van der Waals surface area contributed by atoms with Crippen molar-refractivity contribution in [2.45, 2.75) is 40.5 Å². The van der Waals surface area contributed by atoms with E-state index in [0.29, 0.717) is 0 Å². The molecule has 0 aromatic heterocycles. The smallest absolute Gasteiger partial charge is 0.0543 e. The lowest BCUT2D eigenvalue weighted by Crippen LogP contribution is -2.13. The Kier molecular flexibility index (Phi) is 8.22. The van der Waals surface area contributed by atoms with Crippen molar-refractivity contribution in [1.29, 1.82) is 0 Å². The van der Waals surface area contributed by atoms with Gasteiger partial charge in [0.15, 0.2) is 0 Å². The first-order chi connectivity index (χ1) is 27.5. The number of benzene rings is 10. The number of aryl methyl sites for hydroxylation is 4. The summed E-state index contributed by atoms with van der Waals surface area (Å²) in [7, 11) is 0. The predicted molar refractivity (Wildman–Crippen MR) is 243 cm³/mol. The third-order valence-electron chi connectivity index (χ3n) is 11.9. The van der Waals surface area contributed by atoms with Gasteiger partial charge in [0, 0.05) is 32.9 Å². The molecule has 0 unspecified atom stereocenters. The minimum absolute atomic E-state index is 0.928. The van der Waals surface area contributed by atoms with Crippen LogP contribution in [0.25, 0.3) is 53.9 Å². The Labute approximate surface area is 329 Å². The summed E-state index contributed by atoms with van der Waals surface area (Å²) in [5.74, 6) is 0. The summed E-state index contributed by atoms with van der Waals surface area (Å²) >= 11 is 0. The van der Waals surface area contributed by atoms with Gasteiger partial charge in [-0.25, -0.2) is 0 Å². The van der Waals surface area contributed by atoms with Crippen molar-refractivity contribution in [3.8, 4) is 0 Å². The molecule has 0 N–H and O–H groups in total. The Morgan fingerprint density at radius 2 is 0.714 bits per heavy atom. The minimum atomic E-state index is 0.928. The SMILES string of the molecule is CCc1cc(N(c2ccc(C)cc2)c2cccc3ccccc23)c2ccc3c(CC)cc(N(c4ccc(C)cc4)c4cccc5ccccc45)c4ccc1c2c34. The molecule has 0 atom stereocenters. The Morgan fingerprint density at radius 3 is 1.12 bits per heavy atom. The number of rotatable bonds is 8. The summed E-state index contributed by atoms with van der Waals surface area (Å²) in [5, 5.41) is 12.8. The molecule has 0 radical (unpaired) electrons. The molecule has 0 aliphatic carbocycles. The highest BCUT2D eigenvalue weighted by molar-refractivity contribution is 6.29. The Balaban J connectivity index is 1.33. The van der Waals surface area contributed by atoms with Crippen LogP contribution in [-0.4, -0.2) is 0 Å². The van der Waals surface area contributed by atoms with Gasteiger partial charge >= 0.3 is 0 Å². The summed E-state index contributed by atoms with van der Waals surface area (Å²) in [6.45, 7) is 8.93. The third kappa shape index (κ3) is 5.39. The van der Waals surface area contributed by atoms with Gasteiger partial charge in [-0.2, -0.15) is 0 Å². The fraction of sp³-hybridized carbons (Fsp3) is 0.111. The molecule has 56 heavy (non-hydrogen) atoms. The zero-order valence-electron chi connectivity index (χ0n) is 32.5. The fourth-order valence-electron chi connectivity index (χ4n) is 9.06. The van der Waals surface area contributed by atoms with Crippen LogP contribution in [0.1, 0.15) is 36.1 Å². The maximum atomic E-state index is 2.50. The zero-order chi connectivity index (χ0) is 37.9. The topological polar surface area (TPSA) is 6.48 Å². The van der Waals surface area contributed by atoms with Gasteiger partial charge in [0.1, 0.15) is 0 Å². The molecule has 0 spiro atoms. The van der Waals surface area contributed by atoms with E-state index in [9.17, 15) is 0 Å². The molecule has 2 nitrogen and oxygen atoms in total. The Bertz CT molecular complexity index is 2840. The number of hydrogen-bond acceptors (Lipinski definition) is 2. The van der Waals surface area contributed by atoms with Crippen LogP contribution >= 0.6 is 0 Å². The Hall–Kier alpha value is -6.64. The van der Waals surface area contributed by atoms with Crippen molar-refractivity contribution in [3.63, 3.8) is 0 Å². The van der Waals surface area contributed by atoms with Crippen LogP contribution in [0.15, 0.2) is 170 Å². The number of nitrogens with zero attached hydrogens (tertiary/aromatic N) is 2. The lowest BCUT2D eigenvalue weighted by Gasteiger charge is -2.31. The summed E-state index contributed by atoms with van der Waals surface area (Å²) in [6, 6.07) is 63.5. The molecule has 10 aromatic carbocycles. The van der Waals surface area contributed by atoms with Crippen LogP contribution < -0.4 is 9.80 Å². The van der Waals surface area contributed by atoms with Crippen molar-refractivity contribution in [3.05, 3.63) is 192 Å². The van der Waals surface area contributed by atoms with E-state index in [2.05, 4.69) is 207 Å². The molecule has 0 heterocycles. The average molecular weight is 721 g/mol. The van der Waals surface area contributed by atoms with Crippen LogP contribution in [0.3, 0.4) is 0 Å². The standard InChI is InChI=1S/C54H44N2/c1-5-37-33-51(55(41-25-21-35(3)22-26-41)49-19-11-15-39-13-7-9-17-43(39)49)47-32-30-46-38(6-2)34-52(48-31-29-45(37)53(47)54(46)48)56(42-27-23-36(4)24-28-42)50-20-12-16-40-14-8-10-18-44(40)50/h7-34H,5-6H2,1-4H3. The van der Waals surface area contributed by atoms with Gasteiger partial charge in [-0.15, -0.1) is 0 Å². The van der Waals surface area contributed by atoms with Crippen molar-refractivity contribution in [2.75, 3.05) is 9.80 Å². The highest BCUT2D eigenvalue weighted by atomic mass is 15.2. The van der Waals surface area contributed by atoms with Gasteiger partial charge in [-0.05, 0) is 119 Å². The van der Waals surface area contributed by atoms with Gasteiger partial charge < -0.3 is 9.80 Å². The molecular formula is C54H44N2. The first kappa shape index (κ1) is 33.9. The van der Waals surface area contributed by atoms with E-state index < -0.39 is 0 Å². The predicted octanol–water partition coefficient (Wildman–Crippen LogP) is 15.6. The number of fused-ring (bicyclic) bond motifs is 2. The maximum absolute atomic E-state index is 2.50. The van der Waals surface area contributed by atoms with Crippen LogP contribution in [0.2, 0.25) is 0 Å². The van der Waals surface area contributed by atoms with E-state index in [1.807, 2.05) is 0 Å². The summed E-state index contributed by atoms with van der Waals surface area (Å²) in [4.78, 5) is 5.01. The second kappa shape index (κ2) is 13.6. The van der Waals surface area contributed by atoms with Gasteiger partial charge in [0.2, 0.25) is 0 Å². The molecule has 0 saturated carbocycles. The van der Waals surface area contributed by atoms with Gasteiger partial charge in [-0.3, -0.25) is 0 Å². The summed E-state index contributed by atoms with van der Waals surface area (Å²) in [5.41, 5.74) is 12.3. The zero-order valence-corrected chi connectivity index (χ0v) is 32.5. The molecule has 10 rings (SSSR count). The van der Waals surface area contributed by atoms with E-state index in [1.54, 1.807) is 0 Å². The van der Waals surface area contributed by atoms with Crippen LogP contribution in [0, 0.1) is 13.8 Å². The number of anilines is 6.